The van der Waals surface area contributed by atoms with E-state index in [1.807, 2.05) is 0 Å². The first kappa shape index (κ1) is 17.6. The van der Waals surface area contributed by atoms with Crippen LogP contribution in [-0.4, -0.2) is 18.6 Å². The van der Waals surface area contributed by atoms with Gasteiger partial charge in [-0.3, -0.25) is 4.79 Å². The maximum atomic E-state index is 13.1. The van der Waals surface area contributed by atoms with Gasteiger partial charge >= 0.3 is 6.18 Å². The van der Waals surface area contributed by atoms with Gasteiger partial charge in [0.05, 0.1) is 18.2 Å². The normalized spacial score (nSPS) is 17.6. The number of hydrogen-bond acceptors (Lipinski definition) is 3. The van der Waals surface area contributed by atoms with Crippen LogP contribution >= 0.6 is 0 Å². The number of ether oxygens (including phenoxy) is 1. The van der Waals surface area contributed by atoms with Crippen LogP contribution in [-0.2, 0) is 17.5 Å². The van der Waals surface area contributed by atoms with Crippen LogP contribution in [0.2, 0.25) is 0 Å². The number of nitrogens with one attached hydrogen (secondary N) is 1. The Morgan fingerprint density at radius 1 is 1.30 bits per heavy atom. The van der Waals surface area contributed by atoms with Crippen molar-refractivity contribution >= 4 is 5.91 Å². The first-order chi connectivity index (χ1) is 10.8. The molecule has 1 aliphatic carbocycles. The van der Waals surface area contributed by atoms with Crippen LogP contribution in [0.3, 0.4) is 0 Å². The number of carbonyl (C=O) groups excluding carboxylic acids is 1. The lowest BCUT2D eigenvalue weighted by Gasteiger charge is -2.32. The van der Waals surface area contributed by atoms with Gasteiger partial charge < -0.3 is 15.8 Å². The zero-order valence-corrected chi connectivity index (χ0v) is 13.0. The number of rotatable bonds is 4. The van der Waals surface area contributed by atoms with Gasteiger partial charge in [0.25, 0.3) is 0 Å². The standard InChI is InChI=1S/C16H21F3N2O2/c1-23-12-6-5-11(13(9-12)16(17,18)19)10-21-14(22)15(20)7-3-2-4-8-15/h5-6,9H,2-4,7-8,10,20H2,1H3,(H,21,22). The Labute approximate surface area is 133 Å². The van der Waals surface area contributed by atoms with Gasteiger partial charge in [-0.15, -0.1) is 0 Å². The number of hydrogen-bond donors (Lipinski definition) is 2. The quantitative estimate of drug-likeness (QED) is 0.892. The molecule has 0 atom stereocenters. The molecule has 1 amide bonds. The van der Waals surface area contributed by atoms with Crippen molar-refractivity contribution in [2.24, 2.45) is 5.73 Å². The lowest BCUT2D eigenvalue weighted by Crippen LogP contribution is -2.54. The van der Waals surface area contributed by atoms with Crippen LogP contribution in [0, 0.1) is 0 Å². The van der Waals surface area contributed by atoms with Crippen molar-refractivity contribution in [3.63, 3.8) is 0 Å². The molecule has 0 aromatic heterocycles. The average Bonchev–Trinajstić information content (AvgIpc) is 2.52. The van der Waals surface area contributed by atoms with E-state index in [-0.39, 0.29) is 23.8 Å². The van der Waals surface area contributed by atoms with Crippen molar-refractivity contribution in [2.75, 3.05) is 7.11 Å². The Hall–Kier alpha value is -1.76. The Balaban J connectivity index is 2.12. The van der Waals surface area contributed by atoms with Gasteiger partial charge in [-0.1, -0.05) is 25.3 Å². The van der Waals surface area contributed by atoms with E-state index < -0.39 is 17.3 Å². The first-order valence-electron chi connectivity index (χ1n) is 7.57. The second kappa shape index (κ2) is 6.78. The summed E-state index contributed by atoms with van der Waals surface area (Å²) in [5.74, 6) is -0.267. The number of methoxy groups -OCH3 is 1. The Morgan fingerprint density at radius 3 is 2.52 bits per heavy atom. The molecule has 0 radical (unpaired) electrons. The van der Waals surface area contributed by atoms with Crippen LogP contribution in [0.25, 0.3) is 0 Å². The van der Waals surface area contributed by atoms with E-state index in [2.05, 4.69) is 5.32 Å². The van der Waals surface area contributed by atoms with Gasteiger partial charge in [-0.2, -0.15) is 13.2 Å². The van der Waals surface area contributed by atoms with Gasteiger partial charge in [-0.25, -0.2) is 0 Å². The minimum absolute atomic E-state index is 0.00828. The van der Waals surface area contributed by atoms with E-state index in [1.54, 1.807) is 0 Å². The highest BCUT2D eigenvalue weighted by Gasteiger charge is 2.36. The predicted molar refractivity (Wildman–Crippen MR) is 79.8 cm³/mol. The monoisotopic (exact) mass is 330 g/mol. The molecule has 4 nitrogen and oxygen atoms in total. The summed E-state index contributed by atoms with van der Waals surface area (Å²) in [6.07, 6.45) is -0.634. The molecule has 0 heterocycles. The molecule has 0 aliphatic heterocycles. The maximum absolute atomic E-state index is 13.1. The second-order valence-electron chi connectivity index (χ2n) is 5.92. The summed E-state index contributed by atoms with van der Waals surface area (Å²) in [7, 11) is 1.30. The number of alkyl halides is 3. The van der Waals surface area contributed by atoms with E-state index in [9.17, 15) is 18.0 Å². The van der Waals surface area contributed by atoms with Gasteiger partial charge in [0.1, 0.15) is 5.75 Å². The molecule has 1 saturated carbocycles. The Bertz CT molecular complexity index is 567. The molecule has 1 aromatic rings. The fourth-order valence-electron chi connectivity index (χ4n) is 2.86. The van der Waals surface area contributed by atoms with Gasteiger partial charge in [0, 0.05) is 6.54 Å². The number of nitrogens with two attached hydrogens (primary N) is 1. The zero-order valence-electron chi connectivity index (χ0n) is 13.0. The molecule has 1 aromatic carbocycles. The zero-order chi connectivity index (χ0) is 17.1. The topological polar surface area (TPSA) is 64.3 Å². The third kappa shape index (κ3) is 4.16. The number of halogens is 3. The largest absolute Gasteiger partial charge is 0.497 e. The van der Waals surface area contributed by atoms with Crippen LogP contribution in [0.15, 0.2) is 18.2 Å². The predicted octanol–water partition coefficient (Wildman–Crippen LogP) is 2.99. The summed E-state index contributed by atoms with van der Waals surface area (Å²) >= 11 is 0. The molecular formula is C16H21F3N2O2. The molecule has 128 valence electrons. The third-order valence-corrected chi connectivity index (χ3v) is 4.26. The Morgan fingerprint density at radius 2 is 1.96 bits per heavy atom. The lowest BCUT2D eigenvalue weighted by molar-refractivity contribution is -0.138. The molecule has 1 aliphatic rings. The molecule has 2 rings (SSSR count). The molecular weight excluding hydrogens is 309 g/mol. The van der Waals surface area contributed by atoms with Gasteiger partial charge in [0.15, 0.2) is 0 Å². The Kier molecular flexibility index (Phi) is 5.19. The highest BCUT2D eigenvalue weighted by molar-refractivity contribution is 5.86. The van der Waals surface area contributed by atoms with E-state index in [4.69, 9.17) is 10.5 Å². The van der Waals surface area contributed by atoms with Crippen molar-refractivity contribution in [3.8, 4) is 5.75 Å². The van der Waals surface area contributed by atoms with Crippen molar-refractivity contribution in [1.82, 2.24) is 5.32 Å². The summed E-state index contributed by atoms with van der Waals surface area (Å²) in [6.45, 7) is -0.212. The average molecular weight is 330 g/mol. The maximum Gasteiger partial charge on any atom is 0.416 e. The fourth-order valence-corrected chi connectivity index (χ4v) is 2.86. The van der Waals surface area contributed by atoms with Crippen LogP contribution < -0.4 is 15.8 Å². The highest BCUT2D eigenvalue weighted by atomic mass is 19.4. The van der Waals surface area contributed by atoms with Crippen molar-refractivity contribution in [2.45, 2.75) is 50.4 Å². The molecule has 0 saturated heterocycles. The van der Waals surface area contributed by atoms with Gasteiger partial charge in [0.2, 0.25) is 5.91 Å². The number of carbonyl (C=O) groups is 1. The summed E-state index contributed by atoms with van der Waals surface area (Å²) in [5, 5.41) is 2.55. The molecule has 3 N–H and O–H groups in total. The van der Waals surface area contributed by atoms with Crippen molar-refractivity contribution in [3.05, 3.63) is 29.3 Å². The summed E-state index contributed by atoms with van der Waals surface area (Å²) in [6, 6.07) is 3.68. The van der Waals surface area contributed by atoms with Crippen molar-refractivity contribution < 1.29 is 22.7 Å². The lowest BCUT2D eigenvalue weighted by atomic mass is 9.82. The molecule has 23 heavy (non-hydrogen) atoms. The highest BCUT2D eigenvalue weighted by Crippen LogP contribution is 2.34. The summed E-state index contributed by atoms with van der Waals surface area (Å²) in [5.41, 5.74) is 4.29. The third-order valence-electron chi connectivity index (χ3n) is 4.26. The molecule has 1 fully saturated rings. The van der Waals surface area contributed by atoms with Gasteiger partial charge in [-0.05, 0) is 30.5 Å². The number of benzene rings is 1. The smallest absolute Gasteiger partial charge is 0.416 e. The van der Waals surface area contributed by atoms with Crippen LogP contribution in [0.5, 0.6) is 5.75 Å². The van der Waals surface area contributed by atoms with E-state index >= 15 is 0 Å². The first-order valence-corrected chi connectivity index (χ1v) is 7.57. The SMILES string of the molecule is COc1ccc(CNC(=O)C2(N)CCCCC2)c(C(F)(F)F)c1. The van der Waals surface area contributed by atoms with Crippen LogP contribution in [0.4, 0.5) is 13.2 Å². The van der Waals surface area contributed by atoms with Crippen molar-refractivity contribution in [1.29, 1.82) is 0 Å². The minimum Gasteiger partial charge on any atom is -0.497 e. The second-order valence-corrected chi connectivity index (χ2v) is 5.92. The molecule has 0 unspecified atom stereocenters. The molecule has 7 heteroatoms. The number of amides is 1. The van der Waals surface area contributed by atoms with E-state index in [0.29, 0.717) is 12.8 Å². The molecule has 0 spiro atoms. The van der Waals surface area contributed by atoms with E-state index in [1.165, 1.54) is 19.2 Å². The van der Waals surface area contributed by atoms with E-state index in [0.717, 1.165) is 25.3 Å². The molecule has 0 bridgehead atoms. The minimum atomic E-state index is -4.51. The van der Waals surface area contributed by atoms with Crippen LogP contribution in [0.1, 0.15) is 43.2 Å². The summed E-state index contributed by atoms with van der Waals surface area (Å²) < 4.78 is 44.2. The fraction of sp³-hybridized carbons (Fsp3) is 0.562. The summed E-state index contributed by atoms with van der Waals surface area (Å²) in [4.78, 5) is 12.2.